The average molecular weight is 303 g/mol. The van der Waals surface area contributed by atoms with Gasteiger partial charge in [0.05, 0.1) is 0 Å². The van der Waals surface area contributed by atoms with Crippen molar-refractivity contribution in [2.45, 2.75) is 51.7 Å². The van der Waals surface area contributed by atoms with Gasteiger partial charge in [-0.1, -0.05) is 45.0 Å². The number of rotatable bonds is 7. The SMILES string of the molecule is CCC(C)c1ccccc1OC(c1cccs1)C(N)CC. The predicted molar refractivity (Wildman–Crippen MR) is 91.1 cm³/mol. The Hall–Kier alpha value is -1.32. The first-order valence-electron chi connectivity index (χ1n) is 7.71. The number of ether oxygens (including phenoxy) is 1. The van der Waals surface area contributed by atoms with Gasteiger partial charge in [0.2, 0.25) is 0 Å². The minimum absolute atomic E-state index is 0.00800. The zero-order valence-corrected chi connectivity index (χ0v) is 13.9. The van der Waals surface area contributed by atoms with Crippen LogP contribution in [0, 0.1) is 0 Å². The molecule has 2 aromatic rings. The van der Waals surface area contributed by atoms with Crippen LogP contribution in [-0.2, 0) is 0 Å². The second-order valence-corrected chi connectivity index (χ2v) is 6.45. The van der Waals surface area contributed by atoms with Crippen LogP contribution in [0.1, 0.15) is 56.1 Å². The Kier molecular flexibility index (Phi) is 5.83. The molecule has 21 heavy (non-hydrogen) atoms. The van der Waals surface area contributed by atoms with E-state index < -0.39 is 0 Å². The van der Waals surface area contributed by atoms with Gasteiger partial charge in [0, 0.05) is 10.9 Å². The number of hydrogen-bond acceptors (Lipinski definition) is 3. The van der Waals surface area contributed by atoms with Crippen LogP contribution in [0.15, 0.2) is 41.8 Å². The van der Waals surface area contributed by atoms with Crippen LogP contribution in [0.4, 0.5) is 0 Å². The van der Waals surface area contributed by atoms with Gasteiger partial charge in [0.15, 0.2) is 0 Å². The molecule has 0 bridgehead atoms. The van der Waals surface area contributed by atoms with Crippen LogP contribution in [0.5, 0.6) is 5.75 Å². The van der Waals surface area contributed by atoms with E-state index in [4.69, 9.17) is 10.5 Å². The van der Waals surface area contributed by atoms with Crippen molar-refractivity contribution in [3.63, 3.8) is 0 Å². The lowest BCUT2D eigenvalue weighted by molar-refractivity contribution is 0.172. The summed E-state index contributed by atoms with van der Waals surface area (Å²) in [7, 11) is 0. The zero-order valence-electron chi connectivity index (χ0n) is 13.1. The Morgan fingerprint density at radius 1 is 1.10 bits per heavy atom. The molecule has 1 heterocycles. The van der Waals surface area contributed by atoms with Crippen molar-refractivity contribution in [1.29, 1.82) is 0 Å². The Labute approximate surface area is 132 Å². The van der Waals surface area contributed by atoms with Gasteiger partial charge < -0.3 is 10.5 Å². The molecule has 0 spiro atoms. The monoisotopic (exact) mass is 303 g/mol. The third-order valence-corrected chi connectivity index (χ3v) is 4.93. The molecule has 3 atom stereocenters. The molecule has 3 heteroatoms. The lowest BCUT2D eigenvalue weighted by atomic mass is 9.97. The first-order chi connectivity index (χ1) is 10.2. The van der Waals surface area contributed by atoms with E-state index in [0.717, 1.165) is 18.6 Å². The number of thiophene rings is 1. The first-order valence-corrected chi connectivity index (χ1v) is 8.59. The molecule has 1 aromatic carbocycles. The van der Waals surface area contributed by atoms with Crippen molar-refractivity contribution in [1.82, 2.24) is 0 Å². The molecule has 0 aliphatic rings. The Morgan fingerprint density at radius 3 is 2.48 bits per heavy atom. The van der Waals surface area contributed by atoms with Gasteiger partial charge in [-0.2, -0.15) is 0 Å². The van der Waals surface area contributed by atoms with Crippen LogP contribution in [0.3, 0.4) is 0 Å². The van der Waals surface area contributed by atoms with Crippen LogP contribution in [0.25, 0.3) is 0 Å². The third-order valence-electron chi connectivity index (χ3n) is 4.00. The maximum absolute atomic E-state index is 6.35. The average Bonchev–Trinajstić information content (AvgIpc) is 3.05. The molecule has 0 amide bonds. The van der Waals surface area contributed by atoms with Crippen molar-refractivity contribution < 1.29 is 4.74 Å². The minimum Gasteiger partial charge on any atom is -0.483 e. The first kappa shape index (κ1) is 16.1. The Bertz CT molecular complexity index is 538. The molecule has 0 aliphatic heterocycles. The number of hydrogen-bond donors (Lipinski definition) is 1. The van der Waals surface area contributed by atoms with E-state index in [-0.39, 0.29) is 12.1 Å². The highest BCUT2D eigenvalue weighted by Gasteiger charge is 2.23. The maximum Gasteiger partial charge on any atom is 0.148 e. The lowest BCUT2D eigenvalue weighted by Crippen LogP contribution is -2.31. The summed E-state index contributed by atoms with van der Waals surface area (Å²) in [5.41, 5.74) is 7.57. The van der Waals surface area contributed by atoms with E-state index in [1.807, 2.05) is 6.07 Å². The summed E-state index contributed by atoms with van der Waals surface area (Å²) in [6.07, 6.45) is 1.93. The van der Waals surface area contributed by atoms with Gasteiger partial charge in [-0.3, -0.25) is 0 Å². The van der Waals surface area contributed by atoms with Crippen LogP contribution in [0.2, 0.25) is 0 Å². The van der Waals surface area contributed by atoms with E-state index in [9.17, 15) is 0 Å². The van der Waals surface area contributed by atoms with E-state index in [0.29, 0.717) is 5.92 Å². The van der Waals surface area contributed by atoms with Gasteiger partial charge >= 0.3 is 0 Å². The highest BCUT2D eigenvalue weighted by atomic mass is 32.1. The zero-order chi connectivity index (χ0) is 15.2. The molecule has 2 nitrogen and oxygen atoms in total. The fourth-order valence-corrected chi connectivity index (χ4v) is 3.20. The number of nitrogens with two attached hydrogens (primary N) is 1. The highest BCUT2D eigenvalue weighted by molar-refractivity contribution is 7.10. The van der Waals surface area contributed by atoms with E-state index in [1.165, 1.54) is 10.4 Å². The predicted octanol–water partition coefficient (Wildman–Crippen LogP) is 5.12. The molecular weight excluding hydrogens is 278 g/mol. The molecule has 0 saturated heterocycles. The summed E-state index contributed by atoms with van der Waals surface area (Å²) >= 11 is 1.71. The van der Waals surface area contributed by atoms with Gasteiger partial charge in [-0.25, -0.2) is 0 Å². The molecule has 3 unspecified atom stereocenters. The maximum atomic E-state index is 6.35. The van der Waals surface area contributed by atoms with Crippen molar-refractivity contribution >= 4 is 11.3 Å². The summed E-state index contributed by atoms with van der Waals surface area (Å²) in [5.74, 6) is 1.46. The van der Waals surface area contributed by atoms with Crippen molar-refractivity contribution in [2.75, 3.05) is 0 Å². The molecule has 0 fully saturated rings. The fraction of sp³-hybridized carbons (Fsp3) is 0.444. The second-order valence-electron chi connectivity index (χ2n) is 5.47. The molecule has 1 aromatic heterocycles. The van der Waals surface area contributed by atoms with Crippen molar-refractivity contribution in [3.8, 4) is 5.75 Å². The topological polar surface area (TPSA) is 35.2 Å². The Morgan fingerprint density at radius 2 is 1.86 bits per heavy atom. The minimum atomic E-state index is -0.0693. The molecule has 0 radical (unpaired) electrons. The quantitative estimate of drug-likeness (QED) is 0.770. The number of para-hydroxylation sites is 1. The van der Waals surface area contributed by atoms with E-state index >= 15 is 0 Å². The fourth-order valence-electron chi connectivity index (χ4n) is 2.38. The Balaban J connectivity index is 2.29. The standard InChI is InChI=1S/C18H25NOS/c1-4-13(3)14-9-6-7-10-16(14)20-18(15(19)5-2)17-11-8-12-21-17/h6-13,15,18H,4-5,19H2,1-3H3. The highest BCUT2D eigenvalue weighted by Crippen LogP contribution is 2.34. The van der Waals surface area contributed by atoms with Crippen molar-refractivity contribution in [3.05, 3.63) is 52.2 Å². The molecule has 2 rings (SSSR count). The van der Waals surface area contributed by atoms with E-state index in [2.05, 4.69) is 56.5 Å². The van der Waals surface area contributed by atoms with Crippen LogP contribution < -0.4 is 10.5 Å². The van der Waals surface area contributed by atoms with Gasteiger partial charge in [0.25, 0.3) is 0 Å². The normalized spacial score (nSPS) is 15.4. The van der Waals surface area contributed by atoms with Crippen molar-refractivity contribution in [2.24, 2.45) is 5.73 Å². The lowest BCUT2D eigenvalue weighted by Gasteiger charge is -2.25. The number of benzene rings is 1. The van der Waals surface area contributed by atoms with E-state index in [1.54, 1.807) is 11.3 Å². The smallest absolute Gasteiger partial charge is 0.148 e. The third kappa shape index (κ3) is 3.86. The molecular formula is C18H25NOS. The summed E-state index contributed by atoms with van der Waals surface area (Å²) in [4.78, 5) is 1.20. The van der Waals surface area contributed by atoms with Crippen LogP contribution >= 0.6 is 11.3 Å². The summed E-state index contributed by atoms with van der Waals surface area (Å²) in [6.45, 7) is 6.55. The second kappa shape index (κ2) is 7.62. The molecule has 2 N–H and O–H groups in total. The summed E-state index contributed by atoms with van der Waals surface area (Å²) in [5, 5.41) is 2.08. The molecule has 114 valence electrons. The van der Waals surface area contributed by atoms with Gasteiger partial charge in [-0.15, -0.1) is 11.3 Å². The van der Waals surface area contributed by atoms with Gasteiger partial charge in [-0.05, 0) is 41.8 Å². The van der Waals surface area contributed by atoms with Crippen LogP contribution in [-0.4, -0.2) is 6.04 Å². The summed E-state index contributed by atoms with van der Waals surface area (Å²) < 4.78 is 6.35. The molecule has 0 saturated carbocycles. The largest absolute Gasteiger partial charge is 0.483 e. The van der Waals surface area contributed by atoms with Gasteiger partial charge in [0.1, 0.15) is 11.9 Å². The summed E-state index contributed by atoms with van der Waals surface area (Å²) in [6, 6.07) is 12.5. The molecule has 0 aliphatic carbocycles.